The Morgan fingerprint density at radius 2 is 2.14 bits per heavy atom. The Kier molecular flexibility index (Phi) is 4.44. The molecule has 1 aliphatic heterocycles. The van der Waals surface area contributed by atoms with Gasteiger partial charge in [-0.1, -0.05) is 6.07 Å². The lowest BCUT2D eigenvalue weighted by molar-refractivity contribution is 0.0655. The molecule has 0 spiro atoms. The number of nitrogens with one attached hydrogen (secondary N) is 1. The van der Waals surface area contributed by atoms with Gasteiger partial charge in [0.15, 0.2) is 0 Å². The Hall–Kier alpha value is -1.55. The van der Waals surface area contributed by atoms with Crippen LogP contribution in [0, 0.1) is 0 Å². The van der Waals surface area contributed by atoms with Crippen LogP contribution in [0.3, 0.4) is 0 Å². The van der Waals surface area contributed by atoms with Gasteiger partial charge in [0.2, 0.25) is 0 Å². The van der Waals surface area contributed by atoms with Gasteiger partial charge < -0.3 is 15.0 Å². The zero-order valence-electron chi connectivity index (χ0n) is 12.7. The molecule has 1 aromatic rings. The third-order valence-corrected chi connectivity index (χ3v) is 4.45. The van der Waals surface area contributed by atoms with Crippen LogP contribution in [0.2, 0.25) is 0 Å². The first-order valence-electron chi connectivity index (χ1n) is 8.02. The minimum atomic E-state index is 0.112. The third-order valence-electron chi connectivity index (χ3n) is 4.45. The fraction of sp³-hybridized carbons (Fsp3) is 0.588. The summed E-state index contributed by atoms with van der Waals surface area (Å²) >= 11 is 0. The Labute approximate surface area is 126 Å². The SMILES string of the molecule is CC1CNCCN1C(=O)c1cccc(OC2CCCC2)c1. The molecule has 4 nitrogen and oxygen atoms in total. The van der Waals surface area contributed by atoms with Gasteiger partial charge in [0.05, 0.1) is 6.10 Å². The van der Waals surface area contributed by atoms with Crippen molar-refractivity contribution in [2.45, 2.75) is 44.8 Å². The predicted molar refractivity (Wildman–Crippen MR) is 82.7 cm³/mol. The molecule has 2 fully saturated rings. The molecular formula is C17H24N2O2. The number of nitrogens with zero attached hydrogens (tertiary/aromatic N) is 1. The quantitative estimate of drug-likeness (QED) is 0.929. The molecular weight excluding hydrogens is 264 g/mol. The lowest BCUT2D eigenvalue weighted by atomic mass is 10.1. The monoisotopic (exact) mass is 288 g/mol. The summed E-state index contributed by atoms with van der Waals surface area (Å²) in [4.78, 5) is 14.6. The van der Waals surface area contributed by atoms with Crippen molar-refractivity contribution in [3.05, 3.63) is 29.8 Å². The Bertz CT molecular complexity index is 497. The highest BCUT2D eigenvalue weighted by molar-refractivity contribution is 5.94. The standard InChI is InChI=1S/C17H24N2O2/c1-13-12-18-9-10-19(13)17(20)14-5-4-8-16(11-14)21-15-6-2-3-7-15/h4-5,8,11,13,15,18H,2-3,6-7,9-10,12H2,1H3. The Balaban J connectivity index is 1.70. The number of hydrogen-bond donors (Lipinski definition) is 1. The first-order chi connectivity index (χ1) is 10.2. The molecule has 114 valence electrons. The number of amides is 1. The molecule has 1 N–H and O–H groups in total. The number of hydrogen-bond acceptors (Lipinski definition) is 3. The number of rotatable bonds is 3. The van der Waals surface area contributed by atoms with E-state index < -0.39 is 0 Å². The maximum Gasteiger partial charge on any atom is 0.254 e. The largest absolute Gasteiger partial charge is 0.490 e. The third kappa shape index (κ3) is 3.38. The molecule has 0 radical (unpaired) electrons. The lowest BCUT2D eigenvalue weighted by Gasteiger charge is -2.34. The number of ether oxygens (including phenoxy) is 1. The second kappa shape index (κ2) is 6.48. The minimum absolute atomic E-state index is 0.112. The van der Waals surface area contributed by atoms with E-state index in [1.54, 1.807) is 0 Å². The second-order valence-corrected chi connectivity index (χ2v) is 6.10. The van der Waals surface area contributed by atoms with Crippen molar-refractivity contribution in [3.8, 4) is 5.75 Å². The molecule has 1 saturated heterocycles. The van der Waals surface area contributed by atoms with Gasteiger partial charge in [0.25, 0.3) is 5.91 Å². The predicted octanol–water partition coefficient (Wildman–Crippen LogP) is 2.44. The van der Waals surface area contributed by atoms with Gasteiger partial charge >= 0.3 is 0 Å². The van der Waals surface area contributed by atoms with Crippen LogP contribution in [0.5, 0.6) is 5.75 Å². The Morgan fingerprint density at radius 3 is 2.90 bits per heavy atom. The first kappa shape index (κ1) is 14.4. The average Bonchev–Trinajstić information content (AvgIpc) is 3.00. The molecule has 1 heterocycles. The highest BCUT2D eigenvalue weighted by Crippen LogP contribution is 2.25. The number of benzene rings is 1. The van der Waals surface area contributed by atoms with Gasteiger partial charge in [-0.3, -0.25) is 4.79 Å². The van der Waals surface area contributed by atoms with Gasteiger partial charge in [-0.2, -0.15) is 0 Å². The van der Waals surface area contributed by atoms with Crippen molar-refractivity contribution in [2.24, 2.45) is 0 Å². The Morgan fingerprint density at radius 1 is 1.33 bits per heavy atom. The molecule has 21 heavy (non-hydrogen) atoms. The molecule has 2 aliphatic rings. The van der Waals surface area contributed by atoms with Crippen molar-refractivity contribution in [3.63, 3.8) is 0 Å². The van der Waals surface area contributed by atoms with E-state index in [2.05, 4.69) is 12.2 Å². The van der Waals surface area contributed by atoms with Gasteiger partial charge in [0.1, 0.15) is 5.75 Å². The van der Waals surface area contributed by atoms with E-state index in [4.69, 9.17) is 4.74 Å². The summed E-state index contributed by atoms with van der Waals surface area (Å²) in [6.45, 7) is 4.59. The van der Waals surface area contributed by atoms with Crippen LogP contribution in [0.15, 0.2) is 24.3 Å². The molecule has 1 atom stereocenters. The van der Waals surface area contributed by atoms with E-state index in [1.807, 2.05) is 29.2 Å². The van der Waals surface area contributed by atoms with Crippen LogP contribution >= 0.6 is 0 Å². The maximum absolute atomic E-state index is 12.6. The summed E-state index contributed by atoms with van der Waals surface area (Å²) in [7, 11) is 0. The summed E-state index contributed by atoms with van der Waals surface area (Å²) in [6.07, 6.45) is 5.09. The van der Waals surface area contributed by atoms with Crippen LogP contribution in [-0.4, -0.2) is 42.6 Å². The average molecular weight is 288 g/mol. The summed E-state index contributed by atoms with van der Waals surface area (Å²) in [5, 5.41) is 3.31. The molecule has 0 aromatic heterocycles. The summed E-state index contributed by atoms with van der Waals surface area (Å²) in [6, 6.07) is 7.90. The van der Waals surface area contributed by atoms with Crippen LogP contribution in [0.1, 0.15) is 43.0 Å². The van der Waals surface area contributed by atoms with Crippen LogP contribution in [-0.2, 0) is 0 Å². The van der Waals surface area contributed by atoms with Gasteiger partial charge in [0, 0.05) is 31.2 Å². The van der Waals surface area contributed by atoms with Gasteiger partial charge in [-0.25, -0.2) is 0 Å². The maximum atomic E-state index is 12.6. The van der Waals surface area contributed by atoms with Crippen molar-refractivity contribution in [2.75, 3.05) is 19.6 Å². The number of carbonyl (C=O) groups excluding carboxylic acids is 1. The second-order valence-electron chi connectivity index (χ2n) is 6.10. The number of piperazine rings is 1. The van der Waals surface area contributed by atoms with E-state index >= 15 is 0 Å². The highest BCUT2D eigenvalue weighted by atomic mass is 16.5. The topological polar surface area (TPSA) is 41.6 Å². The van der Waals surface area contributed by atoms with Crippen molar-refractivity contribution >= 4 is 5.91 Å². The molecule has 1 aromatic carbocycles. The summed E-state index contributed by atoms with van der Waals surface area (Å²) < 4.78 is 6.00. The molecule has 1 unspecified atom stereocenters. The molecule has 0 bridgehead atoms. The smallest absolute Gasteiger partial charge is 0.254 e. The van der Waals surface area contributed by atoms with Crippen LogP contribution in [0.4, 0.5) is 0 Å². The van der Waals surface area contributed by atoms with Crippen LogP contribution < -0.4 is 10.1 Å². The van der Waals surface area contributed by atoms with E-state index in [9.17, 15) is 4.79 Å². The van der Waals surface area contributed by atoms with E-state index in [0.717, 1.165) is 43.8 Å². The molecule has 1 saturated carbocycles. The highest BCUT2D eigenvalue weighted by Gasteiger charge is 2.24. The zero-order valence-corrected chi connectivity index (χ0v) is 12.7. The van der Waals surface area contributed by atoms with E-state index in [0.29, 0.717) is 6.10 Å². The summed E-state index contributed by atoms with van der Waals surface area (Å²) in [5.74, 6) is 0.941. The van der Waals surface area contributed by atoms with Gasteiger partial charge in [-0.05, 0) is 50.8 Å². The normalized spacial score (nSPS) is 23.3. The van der Waals surface area contributed by atoms with Crippen LogP contribution in [0.25, 0.3) is 0 Å². The molecule has 1 amide bonds. The summed E-state index contributed by atoms with van der Waals surface area (Å²) in [5.41, 5.74) is 0.735. The minimum Gasteiger partial charge on any atom is -0.490 e. The number of carbonyl (C=O) groups is 1. The first-order valence-corrected chi connectivity index (χ1v) is 8.02. The van der Waals surface area contributed by atoms with Gasteiger partial charge in [-0.15, -0.1) is 0 Å². The molecule has 1 aliphatic carbocycles. The zero-order chi connectivity index (χ0) is 14.7. The lowest BCUT2D eigenvalue weighted by Crippen LogP contribution is -2.52. The fourth-order valence-electron chi connectivity index (χ4n) is 3.21. The fourth-order valence-corrected chi connectivity index (χ4v) is 3.21. The van der Waals surface area contributed by atoms with Crippen molar-refractivity contribution < 1.29 is 9.53 Å². The van der Waals surface area contributed by atoms with E-state index in [1.165, 1.54) is 12.8 Å². The van der Waals surface area contributed by atoms with Crippen molar-refractivity contribution in [1.29, 1.82) is 0 Å². The molecule has 3 rings (SSSR count). The van der Waals surface area contributed by atoms with E-state index in [-0.39, 0.29) is 11.9 Å². The van der Waals surface area contributed by atoms with Crippen molar-refractivity contribution in [1.82, 2.24) is 10.2 Å². The molecule has 4 heteroatoms.